The zero-order valence-corrected chi connectivity index (χ0v) is 8.35. The van der Waals surface area contributed by atoms with Crippen molar-refractivity contribution < 1.29 is 14.6 Å². The van der Waals surface area contributed by atoms with Crippen LogP contribution in [-0.4, -0.2) is 23.6 Å². The first-order valence-corrected chi connectivity index (χ1v) is 5.11. The first-order chi connectivity index (χ1) is 6.25. The molecule has 1 aromatic heterocycles. The van der Waals surface area contributed by atoms with Crippen LogP contribution >= 0.6 is 22.9 Å². The highest BCUT2D eigenvalue weighted by atomic mass is 35.5. The van der Waals surface area contributed by atoms with E-state index in [1.807, 2.05) is 5.38 Å². The van der Waals surface area contributed by atoms with Crippen LogP contribution in [0.3, 0.4) is 0 Å². The average Bonchev–Trinajstić information content (AvgIpc) is 2.57. The molecule has 1 rings (SSSR count). The number of alkyl halides is 1. The maximum absolute atomic E-state index is 10.7. The van der Waals surface area contributed by atoms with Crippen molar-refractivity contribution in [3.8, 4) is 0 Å². The van der Waals surface area contributed by atoms with Gasteiger partial charge in [-0.2, -0.15) is 0 Å². The van der Waals surface area contributed by atoms with Crippen molar-refractivity contribution in [3.05, 3.63) is 22.4 Å². The van der Waals surface area contributed by atoms with E-state index in [4.69, 9.17) is 21.4 Å². The van der Waals surface area contributed by atoms with E-state index < -0.39 is 12.1 Å². The normalized spacial score (nSPS) is 12.7. The van der Waals surface area contributed by atoms with Gasteiger partial charge in [0.1, 0.15) is 0 Å². The van der Waals surface area contributed by atoms with Gasteiger partial charge in [0, 0.05) is 10.8 Å². The predicted molar refractivity (Wildman–Crippen MR) is 51.4 cm³/mol. The summed E-state index contributed by atoms with van der Waals surface area (Å²) in [7, 11) is 0. The van der Waals surface area contributed by atoms with Crippen molar-refractivity contribution in [2.75, 3.05) is 12.5 Å². The van der Waals surface area contributed by atoms with Crippen LogP contribution in [0, 0.1) is 0 Å². The number of carboxylic acid groups (broad SMARTS) is 1. The number of rotatable bonds is 5. The molecule has 0 fully saturated rings. The van der Waals surface area contributed by atoms with Crippen LogP contribution in [-0.2, 0) is 9.53 Å². The quantitative estimate of drug-likeness (QED) is 0.774. The molecule has 0 saturated heterocycles. The van der Waals surface area contributed by atoms with E-state index in [1.165, 1.54) is 11.3 Å². The Hall–Kier alpha value is -0.580. The molecule has 1 atom stereocenters. The minimum Gasteiger partial charge on any atom is -0.479 e. The second kappa shape index (κ2) is 5.21. The number of carbonyl (C=O) groups is 1. The molecule has 0 aromatic carbocycles. The van der Waals surface area contributed by atoms with E-state index in [0.717, 1.165) is 0 Å². The number of thiophene rings is 1. The number of ether oxygens (including phenoxy) is 1. The van der Waals surface area contributed by atoms with E-state index in [0.29, 0.717) is 10.8 Å². The lowest BCUT2D eigenvalue weighted by Crippen LogP contribution is -2.15. The van der Waals surface area contributed by atoms with Crippen LogP contribution in [0.1, 0.15) is 11.0 Å². The Morgan fingerprint density at radius 1 is 1.77 bits per heavy atom. The van der Waals surface area contributed by atoms with Crippen LogP contribution in [0.2, 0.25) is 0 Å². The Morgan fingerprint density at radius 3 is 3.00 bits per heavy atom. The van der Waals surface area contributed by atoms with Gasteiger partial charge < -0.3 is 9.84 Å². The Morgan fingerprint density at radius 2 is 2.54 bits per heavy atom. The second-order valence-electron chi connectivity index (χ2n) is 2.29. The lowest BCUT2D eigenvalue weighted by molar-refractivity contribution is -0.150. The van der Waals surface area contributed by atoms with E-state index in [1.54, 1.807) is 12.1 Å². The predicted octanol–water partition coefficient (Wildman–Crippen LogP) is 2.13. The largest absolute Gasteiger partial charge is 0.479 e. The van der Waals surface area contributed by atoms with E-state index in [-0.39, 0.29) is 6.61 Å². The molecule has 0 radical (unpaired) electrons. The molecule has 0 spiro atoms. The van der Waals surface area contributed by atoms with Crippen molar-refractivity contribution in [1.29, 1.82) is 0 Å². The molecule has 72 valence electrons. The molecule has 0 bridgehead atoms. The second-order valence-corrected chi connectivity index (χ2v) is 3.65. The van der Waals surface area contributed by atoms with Crippen LogP contribution in [0.15, 0.2) is 17.5 Å². The molecule has 0 aliphatic rings. The van der Waals surface area contributed by atoms with Crippen molar-refractivity contribution >= 4 is 28.9 Å². The van der Waals surface area contributed by atoms with Crippen LogP contribution in [0.25, 0.3) is 0 Å². The highest BCUT2D eigenvalue weighted by Crippen LogP contribution is 2.22. The number of hydrogen-bond acceptors (Lipinski definition) is 3. The summed E-state index contributed by atoms with van der Waals surface area (Å²) in [5.41, 5.74) is 0. The summed E-state index contributed by atoms with van der Waals surface area (Å²) in [6, 6.07) is 3.53. The Labute approximate surface area is 84.9 Å². The molecule has 0 aliphatic carbocycles. The molecule has 0 amide bonds. The van der Waals surface area contributed by atoms with Gasteiger partial charge in [0.05, 0.1) is 6.61 Å². The van der Waals surface area contributed by atoms with Gasteiger partial charge in [-0.3, -0.25) is 0 Å². The Balaban J connectivity index is 2.63. The van der Waals surface area contributed by atoms with Gasteiger partial charge in [-0.05, 0) is 11.4 Å². The maximum atomic E-state index is 10.7. The monoisotopic (exact) mass is 220 g/mol. The van der Waals surface area contributed by atoms with Crippen LogP contribution in [0.4, 0.5) is 0 Å². The summed E-state index contributed by atoms with van der Waals surface area (Å²) in [5.74, 6) is -0.678. The Bertz CT molecular complexity index is 260. The maximum Gasteiger partial charge on any atom is 0.338 e. The molecule has 0 saturated carbocycles. The van der Waals surface area contributed by atoms with Crippen molar-refractivity contribution in [2.24, 2.45) is 0 Å². The molecule has 1 unspecified atom stereocenters. The van der Waals surface area contributed by atoms with Gasteiger partial charge >= 0.3 is 5.97 Å². The van der Waals surface area contributed by atoms with E-state index >= 15 is 0 Å². The fraction of sp³-hybridized carbons (Fsp3) is 0.375. The lowest BCUT2D eigenvalue weighted by Gasteiger charge is -2.10. The number of halogens is 1. The summed E-state index contributed by atoms with van der Waals surface area (Å²) < 4.78 is 5.08. The van der Waals surface area contributed by atoms with Gasteiger partial charge in [0.2, 0.25) is 0 Å². The molecule has 3 nitrogen and oxygen atoms in total. The lowest BCUT2D eigenvalue weighted by atomic mass is 10.3. The highest BCUT2D eigenvalue weighted by Gasteiger charge is 2.20. The third-order valence-corrected chi connectivity index (χ3v) is 2.46. The zero-order valence-electron chi connectivity index (χ0n) is 6.77. The van der Waals surface area contributed by atoms with Gasteiger partial charge in [-0.1, -0.05) is 6.07 Å². The van der Waals surface area contributed by atoms with Gasteiger partial charge in [0.15, 0.2) is 6.10 Å². The molecular formula is C8H9ClO3S. The summed E-state index contributed by atoms with van der Waals surface area (Å²) in [5, 5.41) is 10.6. The minimum absolute atomic E-state index is 0.246. The molecule has 1 heterocycles. The molecule has 1 N–H and O–H groups in total. The summed E-state index contributed by atoms with van der Waals surface area (Å²) in [6.07, 6.45) is -0.876. The third-order valence-electron chi connectivity index (χ3n) is 1.39. The van der Waals surface area contributed by atoms with Crippen molar-refractivity contribution in [1.82, 2.24) is 0 Å². The average molecular weight is 221 g/mol. The third kappa shape index (κ3) is 2.99. The molecule has 13 heavy (non-hydrogen) atoms. The SMILES string of the molecule is O=C(O)C(OCCCl)c1cccs1. The summed E-state index contributed by atoms with van der Waals surface area (Å²) in [6.45, 7) is 0.246. The van der Waals surface area contributed by atoms with Crippen molar-refractivity contribution in [2.45, 2.75) is 6.10 Å². The fourth-order valence-corrected chi connectivity index (χ4v) is 1.73. The van der Waals surface area contributed by atoms with Gasteiger partial charge in [-0.15, -0.1) is 22.9 Å². The Kier molecular flexibility index (Phi) is 4.21. The fourth-order valence-electron chi connectivity index (χ4n) is 0.878. The van der Waals surface area contributed by atoms with E-state index in [9.17, 15) is 4.79 Å². The van der Waals surface area contributed by atoms with Crippen LogP contribution < -0.4 is 0 Å². The standard InChI is InChI=1S/C8H9ClO3S/c9-3-4-12-7(8(10)11)6-2-1-5-13-6/h1-2,5,7H,3-4H2,(H,10,11). The number of carboxylic acids is 1. The molecule has 5 heteroatoms. The molecule has 1 aromatic rings. The highest BCUT2D eigenvalue weighted by molar-refractivity contribution is 7.10. The number of aliphatic carboxylic acids is 1. The van der Waals surface area contributed by atoms with Crippen molar-refractivity contribution in [3.63, 3.8) is 0 Å². The zero-order chi connectivity index (χ0) is 9.68. The molecular weight excluding hydrogens is 212 g/mol. The topological polar surface area (TPSA) is 46.5 Å². The van der Waals surface area contributed by atoms with Gasteiger partial charge in [-0.25, -0.2) is 4.79 Å². The first-order valence-electron chi connectivity index (χ1n) is 3.69. The smallest absolute Gasteiger partial charge is 0.338 e. The molecule has 0 aliphatic heterocycles. The van der Waals surface area contributed by atoms with Crippen LogP contribution in [0.5, 0.6) is 0 Å². The minimum atomic E-state index is -0.979. The summed E-state index contributed by atoms with van der Waals surface area (Å²) >= 11 is 6.76. The summed E-state index contributed by atoms with van der Waals surface area (Å²) in [4.78, 5) is 11.4. The first kappa shape index (κ1) is 10.5. The number of hydrogen-bond donors (Lipinski definition) is 1. The van der Waals surface area contributed by atoms with E-state index in [2.05, 4.69) is 0 Å². The van der Waals surface area contributed by atoms with Gasteiger partial charge in [0.25, 0.3) is 0 Å².